The number of aryl methyl sites for hydroxylation is 2. The smallest absolute Gasteiger partial charge is 0.147 e. The molecular formula is C18H17N3O. The maximum atomic E-state index is 9.51. The second-order valence-corrected chi connectivity index (χ2v) is 5.75. The van der Waals surface area contributed by atoms with E-state index in [0.29, 0.717) is 0 Å². The van der Waals surface area contributed by atoms with Crippen LogP contribution in [0.1, 0.15) is 23.0 Å². The molecule has 1 aromatic heterocycles. The van der Waals surface area contributed by atoms with Gasteiger partial charge >= 0.3 is 0 Å². The lowest BCUT2D eigenvalue weighted by Crippen LogP contribution is -2.26. The predicted molar refractivity (Wildman–Crippen MR) is 87.0 cm³/mol. The van der Waals surface area contributed by atoms with Gasteiger partial charge in [-0.3, -0.25) is 0 Å². The zero-order valence-electron chi connectivity index (χ0n) is 12.5. The van der Waals surface area contributed by atoms with Gasteiger partial charge in [-0.25, -0.2) is 4.68 Å². The summed E-state index contributed by atoms with van der Waals surface area (Å²) in [6.07, 6.45) is -0.0714. The van der Waals surface area contributed by atoms with Crippen LogP contribution >= 0.6 is 0 Å². The minimum absolute atomic E-state index is 0.0714. The highest BCUT2D eigenvalue weighted by Crippen LogP contribution is 2.40. The minimum Gasteiger partial charge on any atom is -0.508 e. The van der Waals surface area contributed by atoms with Crippen LogP contribution in [-0.2, 0) is 0 Å². The van der Waals surface area contributed by atoms with Gasteiger partial charge in [-0.15, -0.1) is 0 Å². The number of hydrogen-bond donors (Lipinski definition) is 2. The number of para-hydroxylation sites is 1. The Hall–Kier alpha value is -2.75. The van der Waals surface area contributed by atoms with Gasteiger partial charge in [0, 0.05) is 11.3 Å². The first kappa shape index (κ1) is 13.0. The summed E-state index contributed by atoms with van der Waals surface area (Å²) in [6.45, 7) is 4.12. The number of rotatable bonds is 1. The number of phenols is 1. The van der Waals surface area contributed by atoms with Crippen LogP contribution in [0.25, 0.3) is 11.3 Å². The second-order valence-electron chi connectivity index (χ2n) is 5.75. The Labute approximate surface area is 129 Å². The maximum absolute atomic E-state index is 9.51. The monoisotopic (exact) mass is 291 g/mol. The molecule has 0 bridgehead atoms. The number of nitrogens with one attached hydrogen (secondary N) is 1. The number of hydrogen-bond acceptors (Lipinski definition) is 3. The van der Waals surface area contributed by atoms with Crippen LogP contribution in [-0.4, -0.2) is 14.9 Å². The molecule has 1 aliphatic heterocycles. The molecule has 4 rings (SSSR count). The fourth-order valence-electron chi connectivity index (χ4n) is 3.07. The van der Waals surface area contributed by atoms with Crippen LogP contribution in [0.2, 0.25) is 0 Å². The average Bonchev–Trinajstić information content (AvgIpc) is 2.90. The predicted octanol–water partition coefficient (Wildman–Crippen LogP) is 3.84. The molecule has 22 heavy (non-hydrogen) atoms. The van der Waals surface area contributed by atoms with Gasteiger partial charge in [-0.05, 0) is 43.2 Å². The molecule has 1 atom stereocenters. The van der Waals surface area contributed by atoms with Crippen LogP contribution < -0.4 is 5.32 Å². The van der Waals surface area contributed by atoms with Crippen molar-refractivity contribution in [1.29, 1.82) is 0 Å². The van der Waals surface area contributed by atoms with Crippen LogP contribution in [0.5, 0.6) is 5.75 Å². The molecule has 0 fully saturated rings. The third kappa shape index (κ3) is 1.88. The molecule has 4 heteroatoms. The molecule has 2 aromatic carbocycles. The van der Waals surface area contributed by atoms with E-state index in [1.807, 2.05) is 23.7 Å². The summed E-state index contributed by atoms with van der Waals surface area (Å²) in [4.78, 5) is 0. The second kappa shape index (κ2) is 4.63. The molecule has 4 nitrogen and oxygen atoms in total. The maximum Gasteiger partial charge on any atom is 0.147 e. The summed E-state index contributed by atoms with van der Waals surface area (Å²) >= 11 is 0. The first-order chi connectivity index (χ1) is 10.6. The van der Waals surface area contributed by atoms with E-state index in [1.165, 1.54) is 11.1 Å². The van der Waals surface area contributed by atoms with Crippen LogP contribution in [0.3, 0.4) is 0 Å². The molecule has 110 valence electrons. The van der Waals surface area contributed by atoms with E-state index in [0.717, 1.165) is 22.6 Å². The van der Waals surface area contributed by atoms with Crippen molar-refractivity contribution in [3.05, 3.63) is 65.4 Å². The van der Waals surface area contributed by atoms with Gasteiger partial charge in [0.05, 0.1) is 11.4 Å². The van der Waals surface area contributed by atoms with Crippen LogP contribution in [0.15, 0.2) is 48.5 Å². The van der Waals surface area contributed by atoms with Gasteiger partial charge in [-0.2, -0.15) is 5.10 Å². The van der Waals surface area contributed by atoms with Crippen molar-refractivity contribution in [3.8, 4) is 17.0 Å². The van der Waals surface area contributed by atoms with E-state index in [9.17, 15) is 5.11 Å². The number of nitrogens with zero attached hydrogens (tertiary/aromatic N) is 2. The van der Waals surface area contributed by atoms with E-state index >= 15 is 0 Å². The highest BCUT2D eigenvalue weighted by Gasteiger charge is 2.27. The van der Waals surface area contributed by atoms with Gasteiger partial charge in [0.25, 0.3) is 0 Å². The van der Waals surface area contributed by atoms with E-state index in [4.69, 9.17) is 0 Å². The summed E-state index contributed by atoms with van der Waals surface area (Å²) in [5.74, 6) is 0.271. The van der Waals surface area contributed by atoms with E-state index in [2.05, 4.69) is 41.6 Å². The van der Waals surface area contributed by atoms with Gasteiger partial charge in [0.2, 0.25) is 0 Å². The molecule has 3 aromatic rings. The molecule has 0 amide bonds. The molecule has 0 spiro atoms. The molecule has 0 aliphatic carbocycles. The normalized spacial score (nSPS) is 15.8. The highest BCUT2D eigenvalue weighted by atomic mass is 16.3. The zero-order chi connectivity index (χ0) is 15.3. The summed E-state index contributed by atoms with van der Waals surface area (Å²) < 4.78 is 2.02. The molecule has 0 saturated carbocycles. The number of anilines is 1. The van der Waals surface area contributed by atoms with Crippen LogP contribution in [0.4, 0.5) is 5.69 Å². The Bertz CT molecular complexity index is 849. The number of aromatic hydroxyl groups is 1. The first-order valence-electron chi connectivity index (χ1n) is 7.35. The van der Waals surface area contributed by atoms with E-state index in [-0.39, 0.29) is 11.9 Å². The fraction of sp³-hybridized carbons (Fsp3) is 0.167. The van der Waals surface area contributed by atoms with Gasteiger partial charge in [-0.1, -0.05) is 30.3 Å². The Morgan fingerprint density at radius 3 is 2.64 bits per heavy atom. The quantitative estimate of drug-likeness (QED) is 0.716. The van der Waals surface area contributed by atoms with Gasteiger partial charge in [0.1, 0.15) is 11.9 Å². The number of aromatic nitrogens is 2. The third-order valence-corrected chi connectivity index (χ3v) is 4.14. The average molecular weight is 291 g/mol. The SMILES string of the molecule is Cc1cc2n(n1)[C@H](c1ccc(O)cc1)Nc1c(C)cccc1-2. The lowest BCUT2D eigenvalue weighted by molar-refractivity contribution is 0.474. The molecular weight excluding hydrogens is 274 g/mol. The minimum atomic E-state index is -0.0714. The highest BCUT2D eigenvalue weighted by molar-refractivity contribution is 5.81. The Morgan fingerprint density at radius 2 is 1.86 bits per heavy atom. The summed E-state index contributed by atoms with van der Waals surface area (Å²) in [5, 5.41) is 17.8. The van der Waals surface area contributed by atoms with Gasteiger partial charge in [0.15, 0.2) is 0 Å². The van der Waals surface area contributed by atoms with Crippen LogP contribution in [0, 0.1) is 13.8 Å². The summed E-state index contributed by atoms with van der Waals surface area (Å²) in [7, 11) is 0. The molecule has 2 N–H and O–H groups in total. The number of fused-ring (bicyclic) bond motifs is 3. The topological polar surface area (TPSA) is 50.1 Å². The fourth-order valence-corrected chi connectivity index (χ4v) is 3.07. The Morgan fingerprint density at radius 1 is 1.09 bits per heavy atom. The standard InChI is InChI=1S/C18H17N3O/c1-11-4-3-5-15-16-10-12(2)20-21(16)18(19-17(11)15)13-6-8-14(22)9-7-13/h3-10,18-19,22H,1-2H3/t18-/m1/s1. The summed E-state index contributed by atoms with van der Waals surface area (Å²) in [6, 6.07) is 15.7. The summed E-state index contributed by atoms with van der Waals surface area (Å²) in [5.41, 5.74) is 6.72. The molecule has 0 saturated heterocycles. The molecule has 1 aliphatic rings. The lowest BCUT2D eigenvalue weighted by atomic mass is 10.0. The molecule has 2 heterocycles. The van der Waals surface area contributed by atoms with Crippen molar-refractivity contribution >= 4 is 5.69 Å². The van der Waals surface area contributed by atoms with E-state index in [1.54, 1.807) is 12.1 Å². The largest absolute Gasteiger partial charge is 0.508 e. The number of benzene rings is 2. The number of phenolic OH excluding ortho intramolecular Hbond substituents is 1. The van der Waals surface area contributed by atoms with Crippen molar-refractivity contribution < 1.29 is 5.11 Å². The van der Waals surface area contributed by atoms with Crippen molar-refractivity contribution in [3.63, 3.8) is 0 Å². The Balaban J connectivity index is 1.92. The van der Waals surface area contributed by atoms with Crippen molar-refractivity contribution in [2.75, 3.05) is 5.32 Å². The molecule has 0 radical (unpaired) electrons. The Kier molecular flexibility index (Phi) is 2.73. The van der Waals surface area contributed by atoms with Crippen molar-refractivity contribution in [2.45, 2.75) is 20.0 Å². The molecule has 0 unspecified atom stereocenters. The third-order valence-electron chi connectivity index (χ3n) is 4.14. The lowest BCUT2D eigenvalue weighted by Gasteiger charge is -2.30. The van der Waals surface area contributed by atoms with Crippen molar-refractivity contribution in [2.24, 2.45) is 0 Å². The first-order valence-corrected chi connectivity index (χ1v) is 7.35. The zero-order valence-corrected chi connectivity index (χ0v) is 12.5. The van der Waals surface area contributed by atoms with E-state index < -0.39 is 0 Å². The van der Waals surface area contributed by atoms with Gasteiger partial charge < -0.3 is 10.4 Å². The van der Waals surface area contributed by atoms with Crippen molar-refractivity contribution in [1.82, 2.24) is 9.78 Å².